The molecule has 0 aliphatic carbocycles. The van der Waals surface area contributed by atoms with Gasteiger partial charge in [0.25, 0.3) is 0 Å². The lowest BCUT2D eigenvalue weighted by Gasteiger charge is -2.16. The average Bonchev–Trinajstić information content (AvgIpc) is 3.21. The minimum absolute atomic E-state index is 0.0530. The van der Waals surface area contributed by atoms with E-state index < -0.39 is 27.9 Å². The van der Waals surface area contributed by atoms with Crippen LogP contribution in [0.25, 0.3) is 17.1 Å². The van der Waals surface area contributed by atoms with Gasteiger partial charge in [0.15, 0.2) is 11.6 Å². The van der Waals surface area contributed by atoms with Gasteiger partial charge in [-0.3, -0.25) is 0 Å². The average molecular weight is 430 g/mol. The fourth-order valence-corrected chi connectivity index (χ4v) is 3.48. The van der Waals surface area contributed by atoms with Gasteiger partial charge in [0.05, 0.1) is 11.9 Å². The van der Waals surface area contributed by atoms with Crippen molar-refractivity contribution in [3.8, 4) is 17.3 Å². The van der Waals surface area contributed by atoms with E-state index in [1.54, 1.807) is 19.9 Å². The van der Waals surface area contributed by atoms with Crippen LogP contribution in [-0.4, -0.2) is 59.2 Å². The van der Waals surface area contributed by atoms with E-state index >= 15 is 0 Å². The van der Waals surface area contributed by atoms with Crippen molar-refractivity contribution in [2.45, 2.75) is 20.0 Å². The third-order valence-corrected chi connectivity index (χ3v) is 5.60. The number of nitrogens with zero attached hydrogens (tertiary/aromatic N) is 3. The largest absolute Gasteiger partial charge is 0.491 e. The van der Waals surface area contributed by atoms with Crippen molar-refractivity contribution in [2.24, 2.45) is 0 Å². The van der Waals surface area contributed by atoms with E-state index in [-0.39, 0.29) is 30.2 Å². The number of carbonyl (C=O) groups is 1. The zero-order valence-electron chi connectivity index (χ0n) is 15.7. The van der Waals surface area contributed by atoms with Crippen LogP contribution in [0.5, 0.6) is 5.75 Å². The molecule has 1 N–H and O–H groups in total. The first-order chi connectivity index (χ1) is 13.4. The molecule has 0 spiro atoms. The standard InChI is InChI=1S/C17H17F3N4O4S/c1-9-10(2)23-15(22-9)13-14(28-16(25)17(18,19)20)12(4-6-21-13)11-5-7-24(8-11)29(3,26)27/h4-6H,7-8H2,1-3H3,(H,22,23). The van der Waals surface area contributed by atoms with Gasteiger partial charge in [-0.1, -0.05) is 6.08 Å². The van der Waals surface area contributed by atoms with Crippen molar-refractivity contribution < 1.29 is 31.1 Å². The number of aryl methyl sites for hydroxylation is 2. The highest BCUT2D eigenvalue weighted by atomic mass is 32.2. The molecule has 0 saturated heterocycles. The lowest BCUT2D eigenvalue weighted by Crippen LogP contribution is -2.29. The maximum atomic E-state index is 12.8. The second kappa shape index (κ2) is 7.26. The van der Waals surface area contributed by atoms with Gasteiger partial charge in [0, 0.05) is 30.5 Å². The minimum Gasteiger partial charge on any atom is -0.417 e. The number of rotatable bonds is 4. The normalized spacial score (nSPS) is 15.4. The van der Waals surface area contributed by atoms with Gasteiger partial charge in [-0.25, -0.2) is 23.2 Å². The molecule has 12 heteroatoms. The smallest absolute Gasteiger partial charge is 0.417 e. The molecular formula is C17H17F3N4O4S. The molecular weight excluding hydrogens is 413 g/mol. The predicted molar refractivity (Wildman–Crippen MR) is 97.4 cm³/mol. The number of ether oxygens (including phenoxy) is 1. The van der Waals surface area contributed by atoms with Gasteiger partial charge in [-0.2, -0.15) is 17.5 Å². The zero-order chi connectivity index (χ0) is 21.6. The number of imidazole rings is 1. The molecule has 8 nitrogen and oxygen atoms in total. The van der Waals surface area contributed by atoms with Crippen LogP contribution in [0.4, 0.5) is 13.2 Å². The molecule has 2 aromatic heterocycles. The summed E-state index contributed by atoms with van der Waals surface area (Å²) in [5, 5.41) is 0. The quantitative estimate of drug-likeness (QED) is 0.746. The Morgan fingerprint density at radius 3 is 2.52 bits per heavy atom. The van der Waals surface area contributed by atoms with Crippen LogP contribution < -0.4 is 4.74 Å². The van der Waals surface area contributed by atoms with Crippen LogP contribution in [0.2, 0.25) is 0 Å². The number of sulfonamides is 1. The summed E-state index contributed by atoms with van der Waals surface area (Å²) in [6.07, 6.45) is -1.32. The highest BCUT2D eigenvalue weighted by Crippen LogP contribution is 2.37. The van der Waals surface area contributed by atoms with Gasteiger partial charge in [0.2, 0.25) is 10.0 Å². The second-order valence-corrected chi connectivity index (χ2v) is 8.49. The van der Waals surface area contributed by atoms with Crippen LogP contribution in [0, 0.1) is 13.8 Å². The molecule has 0 fully saturated rings. The molecule has 1 aliphatic rings. The van der Waals surface area contributed by atoms with Crippen LogP contribution in [0.3, 0.4) is 0 Å². The summed E-state index contributed by atoms with van der Waals surface area (Å²) in [5.41, 5.74) is 1.71. The Morgan fingerprint density at radius 2 is 2.00 bits per heavy atom. The van der Waals surface area contributed by atoms with Gasteiger partial charge in [0.1, 0.15) is 5.69 Å². The number of halogens is 3. The lowest BCUT2D eigenvalue weighted by atomic mass is 10.1. The van der Waals surface area contributed by atoms with Crippen LogP contribution in [-0.2, 0) is 14.8 Å². The number of alkyl halides is 3. The Kier molecular flexibility index (Phi) is 5.26. The Bertz CT molecular complexity index is 1090. The molecule has 0 saturated carbocycles. The number of H-pyrrole nitrogens is 1. The van der Waals surface area contributed by atoms with Crippen molar-refractivity contribution in [1.29, 1.82) is 0 Å². The molecule has 3 heterocycles. The first kappa shape index (κ1) is 21.0. The summed E-state index contributed by atoms with van der Waals surface area (Å²) < 4.78 is 67.9. The molecule has 0 atom stereocenters. The van der Waals surface area contributed by atoms with Gasteiger partial charge < -0.3 is 9.72 Å². The maximum Gasteiger partial charge on any atom is 0.491 e. The number of aromatic amines is 1. The van der Waals surface area contributed by atoms with Gasteiger partial charge in [-0.05, 0) is 25.5 Å². The summed E-state index contributed by atoms with van der Waals surface area (Å²) >= 11 is 0. The van der Waals surface area contributed by atoms with Gasteiger partial charge >= 0.3 is 12.1 Å². The van der Waals surface area contributed by atoms with Crippen LogP contribution in [0.1, 0.15) is 17.0 Å². The summed E-state index contributed by atoms with van der Waals surface area (Å²) in [6, 6.07) is 1.36. The van der Waals surface area contributed by atoms with Crippen molar-refractivity contribution in [2.75, 3.05) is 19.3 Å². The second-order valence-electron chi connectivity index (χ2n) is 6.50. The Labute approximate surface area is 164 Å². The lowest BCUT2D eigenvalue weighted by molar-refractivity contribution is -0.189. The topological polar surface area (TPSA) is 105 Å². The van der Waals surface area contributed by atoms with E-state index in [2.05, 4.69) is 19.7 Å². The van der Waals surface area contributed by atoms with Crippen molar-refractivity contribution in [1.82, 2.24) is 19.3 Å². The monoisotopic (exact) mass is 430 g/mol. The van der Waals surface area contributed by atoms with E-state index in [0.29, 0.717) is 17.0 Å². The highest BCUT2D eigenvalue weighted by molar-refractivity contribution is 7.88. The molecule has 3 rings (SSSR count). The number of hydrogen-bond donors (Lipinski definition) is 1. The summed E-state index contributed by atoms with van der Waals surface area (Å²) in [4.78, 5) is 22.7. The predicted octanol–water partition coefficient (Wildman–Crippen LogP) is 2.21. The van der Waals surface area contributed by atoms with Gasteiger partial charge in [-0.15, -0.1) is 0 Å². The van der Waals surface area contributed by atoms with Crippen molar-refractivity contribution in [3.05, 3.63) is 35.3 Å². The number of nitrogens with one attached hydrogen (secondary N) is 1. The number of carbonyl (C=O) groups excluding carboxylic acids is 1. The summed E-state index contributed by atoms with van der Waals surface area (Å²) in [7, 11) is -3.51. The Morgan fingerprint density at radius 1 is 1.31 bits per heavy atom. The van der Waals surface area contributed by atoms with E-state index in [4.69, 9.17) is 0 Å². The minimum atomic E-state index is -5.22. The highest BCUT2D eigenvalue weighted by Gasteiger charge is 2.42. The molecule has 0 aromatic carbocycles. The molecule has 0 unspecified atom stereocenters. The third-order valence-electron chi connectivity index (χ3n) is 4.39. The fraction of sp³-hybridized carbons (Fsp3) is 0.353. The first-order valence-corrected chi connectivity index (χ1v) is 10.2. The number of aromatic nitrogens is 3. The number of hydrogen-bond acceptors (Lipinski definition) is 6. The van der Waals surface area contributed by atoms with Crippen molar-refractivity contribution in [3.63, 3.8) is 0 Å². The molecule has 156 valence electrons. The van der Waals surface area contributed by atoms with Crippen molar-refractivity contribution >= 4 is 21.6 Å². The maximum absolute atomic E-state index is 12.8. The summed E-state index contributed by atoms with van der Waals surface area (Å²) in [5.74, 6) is -2.72. The molecule has 0 radical (unpaired) electrons. The fourth-order valence-electron chi connectivity index (χ4n) is 2.76. The Balaban J connectivity index is 2.11. The first-order valence-electron chi connectivity index (χ1n) is 8.34. The van der Waals surface area contributed by atoms with E-state index in [1.807, 2.05) is 0 Å². The molecule has 0 amide bonds. The zero-order valence-corrected chi connectivity index (χ0v) is 16.5. The number of esters is 1. The van der Waals surface area contributed by atoms with E-state index in [1.165, 1.54) is 12.3 Å². The third kappa shape index (κ3) is 4.32. The van der Waals surface area contributed by atoms with Crippen LogP contribution >= 0.6 is 0 Å². The molecule has 29 heavy (non-hydrogen) atoms. The van der Waals surface area contributed by atoms with Crippen LogP contribution in [0.15, 0.2) is 18.3 Å². The molecule has 0 bridgehead atoms. The molecule has 1 aliphatic heterocycles. The summed E-state index contributed by atoms with van der Waals surface area (Å²) in [6.45, 7) is 3.40. The molecule has 2 aromatic rings. The van der Waals surface area contributed by atoms with E-state index in [9.17, 15) is 26.4 Å². The Hall–Kier alpha value is -2.73. The van der Waals surface area contributed by atoms with E-state index in [0.717, 1.165) is 10.6 Å². The SMILES string of the molecule is Cc1nc(-c2nccc(C3=CCN(S(C)(=O)=O)C3)c2OC(=O)C(F)(F)F)[nH]c1C. The number of pyridine rings is 1.